The zero-order valence-electron chi connectivity index (χ0n) is 16.1. The number of rotatable bonds is 3. The monoisotopic (exact) mass is 380 g/mol. The van der Waals surface area contributed by atoms with E-state index >= 15 is 0 Å². The lowest BCUT2D eigenvalue weighted by Gasteiger charge is -2.36. The van der Waals surface area contributed by atoms with Crippen molar-refractivity contribution in [2.75, 3.05) is 54.0 Å². The van der Waals surface area contributed by atoms with Crippen LogP contribution in [0.15, 0.2) is 18.2 Å². The zero-order valence-corrected chi connectivity index (χ0v) is 16.1. The molecule has 5 rings (SSSR count). The number of nitrogens with zero attached hydrogens (tertiary/aromatic N) is 10. The predicted molar refractivity (Wildman–Crippen MR) is 106 cm³/mol. The quantitative estimate of drug-likeness (QED) is 0.658. The normalized spacial score (nSPS) is 18.1. The molecule has 28 heavy (non-hydrogen) atoms. The van der Waals surface area contributed by atoms with Gasteiger partial charge in [-0.2, -0.15) is 0 Å². The van der Waals surface area contributed by atoms with E-state index in [1.165, 1.54) is 23.9 Å². The van der Waals surface area contributed by atoms with E-state index in [0.717, 1.165) is 62.5 Å². The largest absolute Gasteiger partial charge is 0.356 e. The van der Waals surface area contributed by atoms with E-state index in [9.17, 15) is 0 Å². The molecule has 0 unspecified atom stereocenters. The molecule has 0 radical (unpaired) electrons. The van der Waals surface area contributed by atoms with E-state index in [4.69, 9.17) is 4.98 Å². The molecule has 0 amide bonds. The Balaban J connectivity index is 1.30. The Morgan fingerprint density at radius 2 is 1.39 bits per heavy atom. The van der Waals surface area contributed by atoms with Crippen LogP contribution >= 0.6 is 0 Å². The molecule has 146 valence electrons. The van der Waals surface area contributed by atoms with Gasteiger partial charge in [-0.3, -0.25) is 0 Å². The fraction of sp³-hybridized carbons (Fsp3) is 0.556. The van der Waals surface area contributed by atoms with E-state index in [1.54, 1.807) is 0 Å². The number of hydrogen-bond donors (Lipinski definition) is 0. The van der Waals surface area contributed by atoms with E-state index in [2.05, 4.69) is 46.4 Å². The van der Waals surface area contributed by atoms with Crippen LogP contribution in [-0.2, 0) is 0 Å². The number of piperazine rings is 1. The predicted octanol–water partition coefficient (Wildman–Crippen LogP) is 0.935. The van der Waals surface area contributed by atoms with Gasteiger partial charge in [0.25, 0.3) is 0 Å². The van der Waals surface area contributed by atoms with Crippen molar-refractivity contribution in [3.05, 3.63) is 24.0 Å². The van der Waals surface area contributed by atoms with Crippen molar-refractivity contribution in [3.8, 4) is 0 Å². The molecular weight excluding hydrogens is 356 g/mol. The molecule has 0 spiro atoms. The smallest absolute Gasteiger partial charge is 0.200 e. The third-order valence-corrected chi connectivity index (χ3v) is 5.47. The van der Waals surface area contributed by atoms with Gasteiger partial charge < -0.3 is 14.7 Å². The zero-order chi connectivity index (χ0) is 18.9. The van der Waals surface area contributed by atoms with Crippen LogP contribution in [0.1, 0.15) is 25.1 Å². The van der Waals surface area contributed by atoms with Crippen LogP contribution in [0.4, 0.5) is 17.5 Å². The SMILES string of the molecule is Cc1nc(N2CCCCC2)cc(N2CCN(c3ccc4nnnn4n3)CC2)n1. The number of aromatic nitrogens is 7. The maximum atomic E-state index is 4.71. The first-order chi connectivity index (χ1) is 13.8. The van der Waals surface area contributed by atoms with Gasteiger partial charge in [0, 0.05) is 45.3 Å². The molecule has 5 heterocycles. The second kappa shape index (κ2) is 7.17. The molecule has 2 fully saturated rings. The Hall–Kier alpha value is -3.04. The molecule has 0 aromatic carbocycles. The van der Waals surface area contributed by atoms with E-state index in [1.807, 2.05) is 19.1 Å². The minimum atomic E-state index is 0.657. The van der Waals surface area contributed by atoms with Gasteiger partial charge in [0.1, 0.15) is 17.5 Å². The Bertz CT molecular complexity index is 956. The van der Waals surface area contributed by atoms with E-state index < -0.39 is 0 Å². The van der Waals surface area contributed by atoms with Gasteiger partial charge in [-0.15, -0.1) is 14.8 Å². The summed E-state index contributed by atoms with van der Waals surface area (Å²) >= 11 is 0. The first kappa shape index (κ1) is 17.1. The van der Waals surface area contributed by atoms with E-state index in [0.29, 0.717) is 5.65 Å². The highest BCUT2D eigenvalue weighted by molar-refractivity contribution is 5.53. The first-order valence-corrected chi connectivity index (χ1v) is 9.92. The Kier molecular flexibility index (Phi) is 4.38. The molecule has 0 saturated carbocycles. The second-order valence-electron chi connectivity index (χ2n) is 7.37. The standard InChI is InChI=1S/C18H24N10/c1-14-19-17(25-7-3-2-4-8-25)13-18(20-14)27-11-9-26(10-12-27)16-6-5-15-21-23-24-28(15)22-16/h5-6,13H,2-4,7-12H2,1H3. The minimum Gasteiger partial charge on any atom is -0.356 e. The van der Waals surface area contributed by atoms with E-state index in [-0.39, 0.29) is 0 Å². The fourth-order valence-electron chi connectivity index (χ4n) is 3.96. The Labute approximate surface area is 163 Å². The first-order valence-electron chi connectivity index (χ1n) is 9.92. The van der Waals surface area contributed by atoms with Crippen molar-refractivity contribution in [1.29, 1.82) is 0 Å². The summed E-state index contributed by atoms with van der Waals surface area (Å²) in [5.41, 5.74) is 0.657. The summed E-state index contributed by atoms with van der Waals surface area (Å²) in [5.74, 6) is 3.82. The lowest BCUT2D eigenvalue weighted by molar-refractivity contribution is 0.571. The van der Waals surface area contributed by atoms with Crippen molar-refractivity contribution in [2.45, 2.75) is 26.2 Å². The number of fused-ring (bicyclic) bond motifs is 1. The van der Waals surface area contributed by atoms with Gasteiger partial charge in [-0.25, -0.2) is 9.97 Å². The van der Waals surface area contributed by atoms with Gasteiger partial charge in [0.15, 0.2) is 11.5 Å². The maximum absolute atomic E-state index is 4.71. The molecule has 0 bridgehead atoms. The van der Waals surface area contributed by atoms with Crippen molar-refractivity contribution in [3.63, 3.8) is 0 Å². The van der Waals surface area contributed by atoms with Gasteiger partial charge in [-0.1, -0.05) is 0 Å². The molecule has 2 aliphatic heterocycles. The Morgan fingerprint density at radius 3 is 2.11 bits per heavy atom. The lowest BCUT2D eigenvalue weighted by atomic mass is 10.1. The number of piperidine rings is 1. The van der Waals surface area contributed by atoms with Crippen LogP contribution in [0.5, 0.6) is 0 Å². The van der Waals surface area contributed by atoms with Crippen LogP contribution in [0.25, 0.3) is 5.65 Å². The van der Waals surface area contributed by atoms with Crippen molar-refractivity contribution < 1.29 is 0 Å². The molecule has 2 aliphatic rings. The summed E-state index contributed by atoms with van der Waals surface area (Å²) in [6.07, 6.45) is 3.81. The van der Waals surface area contributed by atoms with Crippen LogP contribution in [0.2, 0.25) is 0 Å². The molecule has 10 heteroatoms. The summed E-state index contributed by atoms with van der Waals surface area (Å²) in [6, 6.07) is 6.03. The fourth-order valence-corrected chi connectivity index (χ4v) is 3.96. The number of aryl methyl sites for hydroxylation is 1. The number of tetrazole rings is 1. The third kappa shape index (κ3) is 3.30. The second-order valence-corrected chi connectivity index (χ2v) is 7.37. The third-order valence-electron chi connectivity index (χ3n) is 5.47. The molecule has 10 nitrogen and oxygen atoms in total. The van der Waals surface area contributed by atoms with Crippen LogP contribution in [0.3, 0.4) is 0 Å². The summed E-state index contributed by atoms with van der Waals surface area (Å²) in [6.45, 7) is 7.71. The highest BCUT2D eigenvalue weighted by Crippen LogP contribution is 2.24. The molecule has 3 aromatic rings. The molecule has 3 aromatic heterocycles. The molecule has 2 saturated heterocycles. The average molecular weight is 380 g/mol. The lowest BCUT2D eigenvalue weighted by Crippen LogP contribution is -2.47. The number of anilines is 3. The highest BCUT2D eigenvalue weighted by atomic mass is 15.6. The summed E-state index contributed by atoms with van der Waals surface area (Å²) in [7, 11) is 0. The van der Waals surface area contributed by atoms with Crippen LogP contribution in [0, 0.1) is 6.92 Å². The van der Waals surface area contributed by atoms with Crippen LogP contribution < -0.4 is 14.7 Å². The number of hydrogen-bond acceptors (Lipinski definition) is 9. The summed E-state index contributed by atoms with van der Waals surface area (Å²) in [4.78, 5) is 16.4. The van der Waals surface area contributed by atoms with Crippen molar-refractivity contribution >= 4 is 23.1 Å². The van der Waals surface area contributed by atoms with Gasteiger partial charge in [0.05, 0.1) is 0 Å². The topological polar surface area (TPSA) is 91.5 Å². The summed E-state index contributed by atoms with van der Waals surface area (Å²) < 4.78 is 1.47. The van der Waals surface area contributed by atoms with Crippen molar-refractivity contribution in [1.82, 2.24) is 35.2 Å². The van der Waals surface area contributed by atoms with Crippen LogP contribution in [-0.4, -0.2) is 74.5 Å². The molecule has 0 atom stereocenters. The average Bonchev–Trinajstić information content (AvgIpc) is 3.22. The van der Waals surface area contributed by atoms with Gasteiger partial charge in [0.2, 0.25) is 0 Å². The van der Waals surface area contributed by atoms with Crippen molar-refractivity contribution in [2.24, 2.45) is 0 Å². The molecule has 0 N–H and O–H groups in total. The minimum absolute atomic E-state index is 0.657. The molecule has 0 aliphatic carbocycles. The maximum Gasteiger partial charge on any atom is 0.200 e. The van der Waals surface area contributed by atoms with Gasteiger partial charge in [-0.05, 0) is 48.7 Å². The highest BCUT2D eigenvalue weighted by Gasteiger charge is 2.22. The van der Waals surface area contributed by atoms with Gasteiger partial charge >= 0.3 is 0 Å². The molecular formula is C18H24N10. The summed E-state index contributed by atoms with van der Waals surface area (Å²) in [5, 5.41) is 15.9. The Morgan fingerprint density at radius 1 is 0.750 bits per heavy atom.